The van der Waals surface area contributed by atoms with Crippen LogP contribution in [0.2, 0.25) is 0 Å². The van der Waals surface area contributed by atoms with E-state index in [4.69, 9.17) is 19.8 Å². The Morgan fingerprint density at radius 1 is 0.429 bits per heavy atom. The molecule has 0 saturated heterocycles. The molecule has 554 valence electrons. The number of rotatable bonds is 16. The van der Waals surface area contributed by atoms with Crippen molar-refractivity contribution in [3.05, 3.63) is 376 Å². The second-order valence-corrected chi connectivity index (χ2v) is 26.1. The van der Waals surface area contributed by atoms with Gasteiger partial charge in [0.1, 0.15) is 69.7 Å². The van der Waals surface area contributed by atoms with Crippen LogP contribution in [0.3, 0.4) is 0 Å². The number of aromatic amines is 1. The van der Waals surface area contributed by atoms with Crippen LogP contribution in [0.25, 0.3) is 66.1 Å². The van der Waals surface area contributed by atoms with Crippen molar-refractivity contribution in [3.63, 3.8) is 0 Å². The third-order valence-electron chi connectivity index (χ3n) is 18.7. The van der Waals surface area contributed by atoms with Crippen LogP contribution in [0.5, 0.6) is 28.7 Å². The minimum Gasteiger partial charge on any atom is -0.508 e. The molecule has 0 unspecified atom stereocenters. The number of carbonyl (C=O) groups excluding carboxylic acids is 2. The topological polar surface area (TPSA) is 236 Å². The molecule has 3 heterocycles. The lowest BCUT2D eigenvalue weighted by Gasteiger charge is -2.14. The summed E-state index contributed by atoms with van der Waals surface area (Å²) in [4.78, 5) is 64.2. The fraction of sp³-hybridized carbons (Fsp3) is 0.109. The number of hydrogen-bond donors (Lipinski definition) is 2. The van der Waals surface area contributed by atoms with Crippen LogP contribution >= 0.6 is 0 Å². The quantitative estimate of drug-likeness (QED) is 0.0677. The van der Waals surface area contributed by atoms with Gasteiger partial charge in [-0.1, -0.05) is 91.9 Å². The lowest BCUT2D eigenvalue weighted by molar-refractivity contribution is 0.103. The molecule has 0 radical (unpaired) electrons. The van der Waals surface area contributed by atoms with Crippen LogP contribution in [-0.2, 0) is 25.9 Å². The van der Waals surface area contributed by atoms with E-state index in [9.17, 15) is 51.9 Å². The SMILES string of the molecule is CCc1cccc(Oc2ccc(-c3nn(CCc4ccc(C(=O)c5ccc(Oc6ccc(-c7nn(CC)c(=O)c8ccccc78)cc6)c(C)c5)cc4C)c(=O)c4ccccc34)cc2)c1C#N.Cc1cc(C(=O)c2ccc(F)c(C)c2)ccc1F.N#Cc1c(F)cccc1F.O=c1[nH]nc(-c2ccc(O)cc2)c2ccccc12. The molecule has 112 heavy (non-hydrogen) atoms. The monoisotopic (exact) mass is 1490 g/mol. The number of nitrogens with zero attached hydrogens (tertiary/aromatic N) is 7. The fourth-order valence-corrected chi connectivity index (χ4v) is 12.7. The Kier molecular flexibility index (Phi) is 23.8. The number of ether oxygens (including phenoxy) is 2. The Bertz CT molecular complexity index is 6310. The maximum Gasteiger partial charge on any atom is 0.274 e. The van der Waals surface area contributed by atoms with Gasteiger partial charge in [0.05, 0.1) is 38.8 Å². The Hall–Kier alpha value is -14.5. The largest absolute Gasteiger partial charge is 0.508 e. The summed E-state index contributed by atoms with van der Waals surface area (Å²) < 4.78 is 66.4. The van der Waals surface area contributed by atoms with Gasteiger partial charge in [0.2, 0.25) is 0 Å². The van der Waals surface area contributed by atoms with Crippen molar-refractivity contribution < 1.29 is 41.7 Å². The second kappa shape index (κ2) is 34.6. The van der Waals surface area contributed by atoms with E-state index in [1.54, 1.807) is 56.3 Å². The molecule has 0 aliphatic heterocycles. The van der Waals surface area contributed by atoms with E-state index >= 15 is 0 Å². The summed E-state index contributed by atoms with van der Waals surface area (Å²) >= 11 is 0. The van der Waals surface area contributed by atoms with Crippen LogP contribution in [0.15, 0.2) is 269 Å². The van der Waals surface area contributed by atoms with Gasteiger partial charge in [-0.25, -0.2) is 32.0 Å². The molecule has 3 aromatic heterocycles. The highest BCUT2D eigenvalue weighted by atomic mass is 19.1. The maximum atomic E-state index is 13.8. The Balaban J connectivity index is 0.000000201. The summed E-state index contributed by atoms with van der Waals surface area (Å²) in [6.45, 7) is 11.8. The molecule has 0 atom stereocenters. The third-order valence-corrected chi connectivity index (χ3v) is 18.7. The molecule has 15 aromatic rings. The second-order valence-electron chi connectivity index (χ2n) is 26.1. The minimum atomic E-state index is -0.817. The number of nitrogens with one attached hydrogen (secondary N) is 1. The summed E-state index contributed by atoms with van der Waals surface area (Å²) in [7, 11) is 0. The summed E-state index contributed by atoms with van der Waals surface area (Å²) in [5.74, 6) is -0.117. The zero-order valence-corrected chi connectivity index (χ0v) is 61.5. The van der Waals surface area contributed by atoms with Gasteiger partial charge in [0, 0.05) is 68.2 Å². The standard InChI is InChI=1S/C56H45N5O5.C15H12F2O.C14H10N2O2.C7H3F2N/c1-5-37-12-11-17-51(49(37)34-57)66-44-27-22-40(23-28-44)53-46-14-8-10-16-48(46)56(64)61(59-53)31-30-38-18-19-41(32-35(38)3)54(62)42-24-29-50(36(4)33-42)65-43-25-20-39(21-26-43)52-45-13-7-9-15-47(45)55(63)60(6-2)58-52;1-9-7-11(3-5-13(9)16)15(18)12-4-6-14(17)10(2)8-12;17-10-7-5-9(6-8-10)13-11-3-1-2-4-12(11)14(18)16-15-13;8-6-2-1-3-7(9)5(6)4-10/h7-29,32-33H,5-6,30-31H2,1-4H3;3-8H,1-2H3;1-8,17H,(H,16,18);1-3H. The van der Waals surface area contributed by atoms with E-state index in [2.05, 4.69) is 21.4 Å². The number of phenols is 1. The molecule has 15 rings (SSSR count). The Morgan fingerprint density at radius 2 is 0.857 bits per heavy atom. The smallest absolute Gasteiger partial charge is 0.274 e. The maximum absolute atomic E-state index is 13.8. The van der Waals surface area contributed by atoms with Gasteiger partial charge in [-0.3, -0.25) is 24.0 Å². The number of phenolic OH excluding ortho intramolecular Hbond substituents is 1. The predicted molar refractivity (Wildman–Crippen MR) is 425 cm³/mol. The predicted octanol–water partition coefficient (Wildman–Crippen LogP) is 19.5. The number of hydrogen-bond acceptors (Lipinski definition) is 13. The van der Waals surface area contributed by atoms with Crippen molar-refractivity contribution in [3.8, 4) is 74.7 Å². The van der Waals surface area contributed by atoms with E-state index in [1.165, 1.54) is 57.9 Å². The molecular weight excluding hydrogens is 1420 g/mol. The number of fused-ring (bicyclic) bond motifs is 3. The molecule has 12 aromatic carbocycles. The molecule has 20 heteroatoms. The molecule has 2 N–H and O–H groups in total. The first-order valence-corrected chi connectivity index (χ1v) is 35.6. The van der Waals surface area contributed by atoms with Crippen molar-refractivity contribution in [1.29, 1.82) is 10.5 Å². The van der Waals surface area contributed by atoms with Crippen molar-refractivity contribution in [2.24, 2.45) is 0 Å². The van der Waals surface area contributed by atoms with Gasteiger partial charge >= 0.3 is 0 Å². The Morgan fingerprint density at radius 3 is 1.34 bits per heavy atom. The summed E-state index contributed by atoms with van der Waals surface area (Å²) in [6, 6.07) is 76.2. The highest BCUT2D eigenvalue weighted by Gasteiger charge is 2.20. The van der Waals surface area contributed by atoms with E-state index in [0.29, 0.717) is 109 Å². The molecular formula is C92H70F4N8O8. The lowest BCUT2D eigenvalue weighted by atomic mass is 9.96. The van der Waals surface area contributed by atoms with Crippen LogP contribution in [0.1, 0.15) is 90.2 Å². The first-order chi connectivity index (χ1) is 54.1. The molecule has 0 fully saturated rings. The highest BCUT2D eigenvalue weighted by Crippen LogP contribution is 2.34. The van der Waals surface area contributed by atoms with Crippen LogP contribution in [0, 0.1) is 73.6 Å². The molecule has 0 aliphatic carbocycles. The lowest BCUT2D eigenvalue weighted by Crippen LogP contribution is -2.25. The van der Waals surface area contributed by atoms with E-state index in [-0.39, 0.29) is 45.6 Å². The highest BCUT2D eigenvalue weighted by molar-refractivity contribution is 6.10. The number of H-pyrrole nitrogens is 1. The normalized spacial score (nSPS) is 10.8. The average Bonchev–Trinajstić information content (AvgIpc) is 0.809. The first kappa shape index (κ1) is 77.1. The van der Waals surface area contributed by atoms with Gasteiger partial charge in [-0.05, 0) is 251 Å². The van der Waals surface area contributed by atoms with E-state index in [1.807, 2.05) is 185 Å². The van der Waals surface area contributed by atoms with E-state index in [0.717, 1.165) is 79.4 Å². The zero-order valence-electron chi connectivity index (χ0n) is 61.5. The Labute approximate surface area is 640 Å². The van der Waals surface area contributed by atoms with Crippen LogP contribution in [-0.4, -0.2) is 46.4 Å². The molecule has 0 amide bonds. The fourth-order valence-electron chi connectivity index (χ4n) is 12.7. The van der Waals surface area contributed by atoms with Crippen molar-refractivity contribution in [1.82, 2.24) is 29.8 Å². The number of benzene rings is 12. The molecule has 0 saturated carbocycles. The molecule has 0 bridgehead atoms. The first-order valence-electron chi connectivity index (χ1n) is 35.6. The van der Waals surface area contributed by atoms with Crippen molar-refractivity contribution >= 4 is 43.9 Å². The average molecular weight is 1490 g/mol. The summed E-state index contributed by atoms with van der Waals surface area (Å²) in [6.07, 6.45) is 1.25. The number of aryl methyl sites for hydroxylation is 8. The molecule has 0 spiro atoms. The number of aromatic nitrogens is 6. The molecule has 0 aliphatic rings. The number of halogens is 4. The van der Waals surface area contributed by atoms with Gasteiger partial charge in [-0.2, -0.15) is 25.8 Å². The number of aromatic hydroxyl groups is 1. The number of ketones is 2. The van der Waals surface area contributed by atoms with Gasteiger partial charge in [0.15, 0.2) is 11.6 Å². The van der Waals surface area contributed by atoms with Gasteiger partial charge in [0.25, 0.3) is 16.7 Å². The minimum absolute atomic E-state index is 0.106. The number of nitriles is 2. The summed E-state index contributed by atoms with van der Waals surface area (Å²) in [5, 5.41) is 47.5. The summed E-state index contributed by atoms with van der Waals surface area (Å²) in [5.41, 5.74) is 10.6. The number of carbonyl (C=O) groups is 2. The van der Waals surface area contributed by atoms with Gasteiger partial charge in [-0.15, -0.1) is 0 Å². The van der Waals surface area contributed by atoms with Crippen molar-refractivity contribution in [2.75, 3.05) is 0 Å². The third kappa shape index (κ3) is 17.2. The van der Waals surface area contributed by atoms with Crippen molar-refractivity contribution in [2.45, 2.75) is 67.5 Å². The van der Waals surface area contributed by atoms with E-state index < -0.39 is 17.2 Å². The zero-order chi connectivity index (χ0) is 79.3. The van der Waals surface area contributed by atoms with Crippen LogP contribution < -0.4 is 26.2 Å². The van der Waals surface area contributed by atoms with Crippen LogP contribution in [0.4, 0.5) is 17.6 Å². The molecule has 16 nitrogen and oxygen atoms in total. The van der Waals surface area contributed by atoms with Gasteiger partial charge < -0.3 is 14.6 Å².